The molecule has 1 spiro atoms. The molecule has 0 aromatic heterocycles. The number of aliphatic hydroxyl groups excluding tert-OH is 3. The summed E-state index contributed by atoms with van der Waals surface area (Å²) in [5, 5.41) is 67.1. The van der Waals surface area contributed by atoms with E-state index in [-0.39, 0.29) is 24.7 Å². The Labute approximate surface area is 154 Å². The van der Waals surface area contributed by atoms with Crippen LogP contribution >= 0.6 is 0 Å². The maximum atomic E-state index is 11.7. The Bertz CT molecular complexity index is 615. The number of fused-ring (bicyclic) bond motifs is 2. The fraction of sp³-hybridized carbons (Fsp3) is 1.00. The van der Waals surface area contributed by atoms with Gasteiger partial charge in [0.1, 0.15) is 5.60 Å². The van der Waals surface area contributed by atoms with Crippen LogP contribution in [0.25, 0.3) is 0 Å². The highest BCUT2D eigenvalue weighted by atomic mass is 16.4. The first-order valence-electron chi connectivity index (χ1n) is 9.94. The van der Waals surface area contributed by atoms with E-state index in [1.165, 1.54) is 0 Å². The molecule has 0 saturated heterocycles. The van der Waals surface area contributed by atoms with E-state index in [1.807, 2.05) is 0 Å². The molecule has 6 N–H and O–H groups in total. The van der Waals surface area contributed by atoms with Crippen LogP contribution in [0.5, 0.6) is 0 Å². The van der Waals surface area contributed by atoms with E-state index in [0.29, 0.717) is 19.3 Å². The summed E-state index contributed by atoms with van der Waals surface area (Å²) in [6.07, 6.45) is -1.01. The number of hydrogen-bond donors (Lipinski definition) is 6. The van der Waals surface area contributed by atoms with Gasteiger partial charge in [-0.15, -0.1) is 0 Å². The third-order valence-electron chi connectivity index (χ3n) is 9.26. The quantitative estimate of drug-likeness (QED) is 0.361. The highest BCUT2D eigenvalue weighted by molar-refractivity contribution is 5.25. The highest BCUT2D eigenvalue weighted by Gasteiger charge is 2.76. The maximum Gasteiger partial charge on any atom is 0.104 e. The topological polar surface area (TPSA) is 121 Å². The smallest absolute Gasteiger partial charge is 0.104 e. The minimum Gasteiger partial charge on any atom is -0.392 e. The van der Waals surface area contributed by atoms with E-state index >= 15 is 0 Å². The van der Waals surface area contributed by atoms with Gasteiger partial charge in [-0.05, 0) is 51.9 Å². The molecule has 4 aliphatic carbocycles. The van der Waals surface area contributed by atoms with E-state index < -0.39 is 51.9 Å². The zero-order chi connectivity index (χ0) is 19.5. The van der Waals surface area contributed by atoms with E-state index in [9.17, 15) is 30.6 Å². The molecule has 0 radical (unpaired) electrons. The largest absolute Gasteiger partial charge is 0.392 e. The molecule has 1 unspecified atom stereocenters. The van der Waals surface area contributed by atoms with Crippen molar-refractivity contribution in [2.24, 2.45) is 28.6 Å². The van der Waals surface area contributed by atoms with Crippen molar-refractivity contribution in [1.29, 1.82) is 0 Å². The SMILES string of the molecule is CC1(C)[C@@H](O)C[C@H]2[C@](C)(O)[C@@H]3CCC4[C@@H](O)[C@@]3(C[C@@H](O)[C@@]21O)C[C@@]4(C)O. The molecule has 0 amide bonds. The van der Waals surface area contributed by atoms with Crippen LogP contribution in [0.15, 0.2) is 0 Å². The van der Waals surface area contributed by atoms with Crippen LogP contribution in [0, 0.1) is 28.6 Å². The maximum absolute atomic E-state index is 11.7. The van der Waals surface area contributed by atoms with Crippen LogP contribution in [0.4, 0.5) is 0 Å². The van der Waals surface area contributed by atoms with Crippen molar-refractivity contribution in [1.82, 2.24) is 0 Å². The van der Waals surface area contributed by atoms with Crippen molar-refractivity contribution in [3.63, 3.8) is 0 Å². The van der Waals surface area contributed by atoms with Crippen molar-refractivity contribution in [2.75, 3.05) is 0 Å². The molecule has 0 aliphatic heterocycles. The fourth-order valence-corrected chi connectivity index (χ4v) is 7.80. The Kier molecular flexibility index (Phi) is 3.69. The van der Waals surface area contributed by atoms with Crippen molar-refractivity contribution < 1.29 is 30.6 Å². The van der Waals surface area contributed by atoms with Crippen molar-refractivity contribution in [3.05, 3.63) is 0 Å². The second-order valence-corrected chi connectivity index (χ2v) is 10.7. The van der Waals surface area contributed by atoms with Crippen LogP contribution in [0.1, 0.15) is 59.8 Å². The molecule has 2 bridgehead atoms. The molecule has 0 aromatic rings. The monoisotopic (exact) mass is 370 g/mol. The minimum atomic E-state index is -1.66. The van der Waals surface area contributed by atoms with Crippen molar-refractivity contribution in [3.8, 4) is 0 Å². The second-order valence-electron chi connectivity index (χ2n) is 10.7. The van der Waals surface area contributed by atoms with E-state index in [2.05, 4.69) is 0 Å². The van der Waals surface area contributed by atoms with Crippen molar-refractivity contribution in [2.45, 2.75) is 94.9 Å². The van der Waals surface area contributed by atoms with Gasteiger partial charge in [0, 0.05) is 22.7 Å². The zero-order valence-corrected chi connectivity index (χ0v) is 16.2. The molecule has 4 rings (SSSR count). The Balaban J connectivity index is 1.89. The van der Waals surface area contributed by atoms with Crippen molar-refractivity contribution >= 4 is 0 Å². The lowest BCUT2D eigenvalue weighted by Crippen LogP contribution is -2.60. The lowest BCUT2D eigenvalue weighted by atomic mass is 9.57. The van der Waals surface area contributed by atoms with Gasteiger partial charge in [0.2, 0.25) is 0 Å². The molecule has 0 aromatic carbocycles. The molecule has 4 saturated carbocycles. The molecule has 26 heavy (non-hydrogen) atoms. The van der Waals surface area contributed by atoms with Gasteiger partial charge in [0.15, 0.2) is 0 Å². The summed E-state index contributed by atoms with van der Waals surface area (Å²) in [7, 11) is 0. The van der Waals surface area contributed by atoms with Crippen LogP contribution in [-0.4, -0.2) is 65.8 Å². The third-order valence-corrected chi connectivity index (χ3v) is 9.26. The standard InChI is InChI=1S/C20H34O6/c1-16(2)13(21)7-12-18(4,25)11-6-5-10-15(23)19(11,9-17(10,3)24)8-14(22)20(12,16)26/h10-15,21-26H,5-9H2,1-4H3/t10?,11-,12-,13-,14+,15+,17+,18+,19-,20-/m0/s1. The Morgan fingerprint density at radius 2 is 1.42 bits per heavy atom. The van der Waals surface area contributed by atoms with Gasteiger partial charge in [-0.1, -0.05) is 13.8 Å². The summed E-state index contributed by atoms with van der Waals surface area (Å²) in [4.78, 5) is 0. The zero-order valence-electron chi connectivity index (χ0n) is 16.2. The average molecular weight is 370 g/mol. The molecular formula is C20H34O6. The number of hydrogen-bond acceptors (Lipinski definition) is 6. The van der Waals surface area contributed by atoms with Crippen LogP contribution in [-0.2, 0) is 0 Å². The lowest BCUT2D eigenvalue weighted by molar-refractivity contribution is -0.201. The van der Waals surface area contributed by atoms with Gasteiger partial charge in [-0.25, -0.2) is 0 Å². The van der Waals surface area contributed by atoms with Gasteiger partial charge < -0.3 is 30.6 Å². The second kappa shape index (κ2) is 5.02. The van der Waals surface area contributed by atoms with Gasteiger partial charge in [-0.3, -0.25) is 0 Å². The summed E-state index contributed by atoms with van der Waals surface area (Å²) in [6.45, 7) is 6.87. The normalized spacial score (nSPS) is 63.9. The van der Waals surface area contributed by atoms with E-state index in [4.69, 9.17) is 0 Å². The summed E-state index contributed by atoms with van der Waals surface area (Å²) in [6, 6.07) is 0. The van der Waals surface area contributed by atoms with Gasteiger partial charge >= 0.3 is 0 Å². The van der Waals surface area contributed by atoms with Crippen LogP contribution < -0.4 is 0 Å². The fourth-order valence-electron chi connectivity index (χ4n) is 7.80. The average Bonchev–Trinajstić information content (AvgIpc) is 2.72. The first-order valence-corrected chi connectivity index (χ1v) is 9.94. The summed E-state index contributed by atoms with van der Waals surface area (Å²) in [5.41, 5.74) is -5.91. The molecule has 4 fully saturated rings. The van der Waals surface area contributed by atoms with Gasteiger partial charge in [0.05, 0.1) is 29.5 Å². The van der Waals surface area contributed by atoms with Crippen LogP contribution in [0.3, 0.4) is 0 Å². The minimum absolute atomic E-state index is 0.116. The van der Waals surface area contributed by atoms with E-state index in [0.717, 1.165) is 0 Å². The van der Waals surface area contributed by atoms with Crippen LogP contribution in [0.2, 0.25) is 0 Å². The summed E-state index contributed by atoms with van der Waals surface area (Å²) < 4.78 is 0. The first-order chi connectivity index (χ1) is 11.7. The highest BCUT2D eigenvalue weighted by Crippen LogP contribution is 2.69. The molecule has 0 heterocycles. The van der Waals surface area contributed by atoms with Gasteiger partial charge in [-0.2, -0.15) is 0 Å². The third kappa shape index (κ3) is 1.89. The Morgan fingerprint density at radius 3 is 2.04 bits per heavy atom. The van der Waals surface area contributed by atoms with Gasteiger partial charge in [0.25, 0.3) is 0 Å². The molecule has 150 valence electrons. The predicted molar refractivity (Wildman–Crippen MR) is 94.0 cm³/mol. The molecular weight excluding hydrogens is 336 g/mol. The molecule has 6 heteroatoms. The number of rotatable bonds is 0. The molecule has 10 atom stereocenters. The molecule has 4 aliphatic rings. The first kappa shape index (κ1) is 19.1. The lowest BCUT2D eigenvalue weighted by Gasteiger charge is -2.51. The summed E-state index contributed by atoms with van der Waals surface area (Å²) >= 11 is 0. The predicted octanol–water partition coefficient (Wildman–Crippen LogP) is 0.168. The summed E-state index contributed by atoms with van der Waals surface area (Å²) in [5.74, 6) is -1.34. The number of aliphatic hydroxyl groups is 6. The molecule has 6 nitrogen and oxygen atoms in total. The van der Waals surface area contributed by atoms with E-state index in [1.54, 1.807) is 27.7 Å². The Hall–Kier alpha value is -0.240. The Morgan fingerprint density at radius 1 is 0.808 bits per heavy atom.